The van der Waals surface area contributed by atoms with E-state index >= 15 is 0 Å². The van der Waals surface area contributed by atoms with Crippen molar-refractivity contribution in [3.63, 3.8) is 0 Å². The van der Waals surface area contributed by atoms with Crippen molar-refractivity contribution in [2.24, 2.45) is 0 Å². The fraction of sp³-hybridized carbons (Fsp3) is 0.286. The predicted molar refractivity (Wildman–Crippen MR) is 70.9 cm³/mol. The zero-order valence-electron chi connectivity index (χ0n) is 11.0. The standard InChI is InChI=1S/C14H14N2O4/c1-9-8-16(15-13(9)14(17)18)10-3-4-11-12(7-10)20-6-2-5-19-11/h3-4,7-8H,2,5-6H2,1H3,(H,17,18). The highest BCUT2D eigenvalue weighted by Gasteiger charge is 2.15. The Balaban J connectivity index is 2.00. The largest absolute Gasteiger partial charge is 0.490 e. The average molecular weight is 274 g/mol. The molecule has 0 saturated carbocycles. The van der Waals surface area contributed by atoms with Gasteiger partial charge in [-0.1, -0.05) is 0 Å². The Kier molecular flexibility index (Phi) is 3.06. The van der Waals surface area contributed by atoms with Crippen molar-refractivity contribution in [1.29, 1.82) is 0 Å². The van der Waals surface area contributed by atoms with Crippen LogP contribution in [0.4, 0.5) is 0 Å². The zero-order chi connectivity index (χ0) is 14.1. The van der Waals surface area contributed by atoms with Crippen LogP contribution in [0.5, 0.6) is 11.5 Å². The molecule has 2 aromatic rings. The third-order valence-electron chi connectivity index (χ3n) is 3.10. The summed E-state index contributed by atoms with van der Waals surface area (Å²) in [6, 6.07) is 5.44. The van der Waals surface area contributed by atoms with Gasteiger partial charge in [0.25, 0.3) is 0 Å². The SMILES string of the molecule is Cc1cn(-c2ccc3c(c2)OCCCO3)nc1C(=O)O. The number of carboxylic acid groups (broad SMARTS) is 1. The first kappa shape index (κ1) is 12.5. The van der Waals surface area contributed by atoms with Gasteiger partial charge in [-0.3, -0.25) is 0 Å². The minimum absolute atomic E-state index is 0.0529. The summed E-state index contributed by atoms with van der Waals surface area (Å²) in [7, 11) is 0. The number of aromatic carboxylic acids is 1. The summed E-state index contributed by atoms with van der Waals surface area (Å²) in [5.41, 5.74) is 1.41. The molecule has 1 aliphatic rings. The Morgan fingerprint density at radius 1 is 1.30 bits per heavy atom. The number of rotatable bonds is 2. The number of aromatic nitrogens is 2. The second-order valence-corrected chi connectivity index (χ2v) is 4.59. The number of hydrogen-bond acceptors (Lipinski definition) is 4. The molecule has 20 heavy (non-hydrogen) atoms. The molecule has 0 unspecified atom stereocenters. The third-order valence-corrected chi connectivity index (χ3v) is 3.10. The van der Waals surface area contributed by atoms with Crippen molar-refractivity contribution in [3.8, 4) is 17.2 Å². The lowest BCUT2D eigenvalue weighted by atomic mass is 10.2. The monoisotopic (exact) mass is 274 g/mol. The van der Waals surface area contributed by atoms with Gasteiger partial charge in [0.05, 0.1) is 18.9 Å². The fourth-order valence-corrected chi connectivity index (χ4v) is 2.10. The van der Waals surface area contributed by atoms with Crippen molar-refractivity contribution >= 4 is 5.97 Å². The number of carboxylic acids is 1. The maximum Gasteiger partial charge on any atom is 0.356 e. The molecule has 0 radical (unpaired) electrons. The van der Waals surface area contributed by atoms with Crippen molar-refractivity contribution in [3.05, 3.63) is 35.7 Å². The van der Waals surface area contributed by atoms with Crippen LogP contribution in [0.1, 0.15) is 22.5 Å². The van der Waals surface area contributed by atoms with Gasteiger partial charge in [0, 0.05) is 24.2 Å². The van der Waals surface area contributed by atoms with Gasteiger partial charge in [-0.2, -0.15) is 5.10 Å². The molecule has 0 saturated heterocycles. The Bertz CT molecular complexity index is 663. The third kappa shape index (κ3) is 2.20. The smallest absolute Gasteiger partial charge is 0.356 e. The molecule has 6 heteroatoms. The first-order valence-corrected chi connectivity index (χ1v) is 6.35. The van der Waals surface area contributed by atoms with Gasteiger partial charge < -0.3 is 14.6 Å². The summed E-state index contributed by atoms with van der Waals surface area (Å²) in [5, 5.41) is 13.1. The van der Waals surface area contributed by atoms with Gasteiger partial charge in [0.2, 0.25) is 0 Å². The van der Waals surface area contributed by atoms with Crippen molar-refractivity contribution in [2.75, 3.05) is 13.2 Å². The Morgan fingerprint density at radius 3 is 2.75 bits per heavy atom. The molecular weight excluding hydrogens is 260 g/mol. The van der Waals surface area contributed by atoms with E-state index in [0.29, 0.717) is 30.3 Å². The molecule has 3 rings (SSSR count). The summed E-state index contributed by atoms with van der Waals surface area (Å²) in [6.45, 7) is 2.96. The van der Waals surface area contributed by atoms with E-state index in [1.807, 2.05) is 12.1 Å². The van der Waals surface area contributed by atoms with Crippen LogP contribution in [0.25, 0.3) is 5.69 Å². The van der Waals surface area contributed by atoms with E-state index in [1.54, 1.807) is 19.2 Å². The van der Waals surface area contributed by atoms with Crippen molar-refractivity contribution < 1.29 is 19.4 Å². The molecule has 0 aliphatic carbocycles. The van der Waals surface area contributed by atoms with Crippen LogP contribution < -0.4 is 9.47 Å². The molecule has 0 atom stereocenters. The highest BCUT2D eigenvalue weighted by atomic mass is 16.5. The van der Waals surface area contributed by atoms with Gasteiger partial charge in [-0.05, 0) is 19.1 Å². The second-order valence-electron chi connectivity index (χ2n) is 4.59. The molecule has 2 heterocycles. The van der Waals surface area contributed by atoms with E-state index in [9.17, 15) is 4.79 Å². The highest BCUT2D eigenvalue weighted by Crippen LogP contribution is 2.31. The maximum atomic E-state index is 11.0. The van der Waals surface area contributed by atoms with E-state index < -0.39 is 5.97 Å². The molecule has 0 spiro atoms. The molecule has 1 aromatic heterocycles. The Hall–Kier alpha value is -2.50. The van der Waals surface area contributed by atoms with Crippen LogP contribution in [0.2, 0.25) is 0 Å². The Morgan fingerprint density at radius 2 is 2.05 bits per heavy atom. The number of hydrogen-bond donors (Lipinski definition) is 1. The quantitative estimate of drug-likeness (QED) is 0.907. The molecule has 0 bridgehead atoms. The molecule has 6 nitrogen and oxygen atoms in total. The fourth-order valence-electron chi connectivity index (χ4n) is 2.10. The van der Waals surface area contributed by atoms with Crippen LogP contribution in [-0.4, -0.2) is 34.1 Å². The van der Waals surface area contributed by atoms with Crippen molar-refractivity contribution in [2.45, 2.75) is 13.3 Å². The van der Waals surface area contributed by atoms with Gasteiger partial charge in [-0.15, -0.1) is 0 Å². The number of benzene rings is 1. The van der Waals surface area contributed by atoms with E-state index in [-0.39, 0.29) is 5.69 Å². The maximum absolute atomic E-state index is 11.0. The minimum atomic E-state index is -1.03. The first-order valence-electron chi connectivity index (χ1n) is 6.35. The predicted octanol–water partition coefficient (Wildman–Crippen LogP) is 2.04. The van der Waals surface area contributed by atoms with Gasteiger partial charge in [0.15, 0.2) is 17.2 Å². The number of fused-ring (bicyclic) bond motifs is 1. The van der Waals surface area contributed by atoms with E-state index in [1.165, 1.54) is 4.68 Å². The number of ether oxygens (including phenoxy) is 2. The summed E-state index contributed by atoms with van der Waals surface area (Å²) in [5.74, 6) is 0.328. The molecule has 0 fully saturated rings. The topological polar surface area (TPSA) is 73.6 Å². The number of aryl methyl sites for hydroxylation is 1. The molecule has 1 N–H and O–H groups in total. The summed E-state index contributed by atoms with van der Waals surface area (Å²) in [4.78, 5) is 11.0. The van der Waals surface area contributed by atoms with Gasteiger partial charge in [-0.25, -0.2) is 9.48 Å². The molecule has 0 amide bonds. The molecular formula is C14H14N2O4. The lowest BCUT2D eigenvalue weighted by molar-refractivity contribution is 0.0689. The lowest BCUT2D eigenvalue weighted by Gasteiger charge is -2.09. The number of nitrogens with zero attached hydrogens (tertiary/aromatic N) is 2. The molecule has 104 valence electrons. The normalized spacial score (nSPS) is 13.8. The van der Waals surface area contributed by atoms with Gasteiger partial charge >= 0.3 is 5.97 Å². The summed E-state index contributed by atoms with van der Waals surface area (Å²) in [6.07, 6.45) is 2.52. The van der Waals surface area contributed by atoms with E-state index in [2.05, 4.69) is 5.10 Å². The average Bonchev–Trinajstić information content (AvgIpc) is 2.68. The van der Waals surface area contributed by atoms with Gasteiger partial charge in [0.1, 0.15) is 0 Å². The van der Waals surface area contributed by atoms with Crippen LogP contribution in [0.3, 0.4) is 0 Å². The van der Waals surface area contributed by atoms with Crippen LogP contribution in [-0.2, 0) is 0 Å². The van der Waals surface area contributed by atoms with E-state index in [4.69, 9.17) is 14.6 Å². The minimum Gasteiger partial charge on any atom is -0.490 e. The molecule has 1 aromatic carbocycles. The highest BCUT2D eigenvalue weighted by molar-refractivity contribution is 5.86. The second kappa shape index (κ2) is 4.88. The zero-order valence-corrected chi connectivity index (χ0v) is 11.0. The summed E-state index contributed by atoms with van der Waals surface area (Å²) >= 11 is 0. The molecule has 1 aliphatic heterocycles. The van der Waals surface area contributed by atoms with Crippen LogP contribution >= 0.6 is 0 Å². The van der Waals surface area contributed by atoms with Crippen molar-refractivity contribution in [1.82, 2.24) is 9.78 Å². The lowest BCUT2D eigenvalue weighted by Crippen LogP contribution is -2.02. The van der Waals surface area contributed by atoms with E-state index in [0.717, 1.165) is 12.1 Å². The van der Waals surface area contributed by atoms with Crippen LogP contribution in [0, 0.1) is 6.92 Å². The number of carbonyl (C=O) groups is 1. The van der Waals surface area contributed by atoms with Crippen LogP contribution in [0.15, 0.2) is 24.4 Å². The summed E-state index contributed by atoms with van der Waals surface area (Å²) < 4.78 is 12.7. The Labute approximate surface area is 115 Å². The first-order chi connectivity index (χ1) is 9.65.